The van der Waals surface area contributed by atoms with Gasteiger partial charge in [-0.1, -0.05) is 60.7 Å². The summed E-state index contributed by atoms with van der Waals surface area (Å²) in [5, 5.41) is 0. The van der Waals surface area contributed by atoms with Gasteiger partial charge in [-0.2, -0.15) is 0 Å². The van der Waals surface area contributed by atoms with Crippen molar-refractivity contribution in [2.45, 2.75) is 19.5 Å². The minimum Gasteiger partial charge on any atom is -0.231 e. The maximum atomic E-state index is 4.14. The molecule has 2 aromatic carbocycles. The Morgan fingerprint density at radius 3 is 2.06 bits per heavy atom. The van der Waals surface area contributed by atoms with Crippen molar-refractivity contribution in [2.24, 2.45) is 0 Å². The minimum absolute atomic E-state index is 0.330. The Morgan fingerprint density at radius 1 is 0.941 bits per heavy atom. The molecule has 0 aliphatic rings. The van der Waals surface area contributed by atoms with E-state index in [-0.39, 0.29) is 0 Å². The molecule has 0 aliphatic heterocycles. The molecule has 2 rings (SSSR count). The number of hydrogen-bond acceptors (Lipinski definition) is 0. The summed E-state index contributed by atoms with van der Waals surface area (Å²) in [5.41, 5.74) is 2.60. The van der Waals surface area contributed by atoms with Crippen molar-refractivity contribution in [3.05, 3.63) is 71.8 Å². The zero-order valence-electron chi connectivity index (χ0n) is 10.2. The summed E-state index contributed by atoms with van der Waals surface area (Å²) in [5.74, 6) is 0. The molecule has 0 spiro atoms. The van der Waals surface area contributed by atoms with E-state index in [2.05, 4.69) is 66.7 Å². The Labute approximate surface area is 103 Å². The van der Waals surface area contributed by atoms with Gasteiger partial charge >= 0.3 is 0 Å². The summed E-state index contributed by atoms with van der Waals surface area (Å²) in [6, 6.07) is 21.2. The zero-order valence-corrected chi connectivity index (χ0v) is 10.2. The van der Waals surface area contributed by atoms with Crippen LogP contribution in [0.5, 0.6) is 0 Å². The largest absolute Gasteiger partial charge is 0.231 e. The molecule has 17 heavy (non-hydrogen) atoms. The molecule has 0 fully saturated rings. The highest BCUT2D eigenvalue weighted by atomic mass is 15.0. The van der Waals surface area contributed by atoms with E-state index in [1.165, 1.54) is 11.1 Å². The van der Waals surface area contributed by atoms with Gasteiger partial charge in [0, 0.05) is 18.1 Å². The molecule has 0 N–H and O–H groups in total. The summed E-state index contributed by atoms with van der Waals surface area (Å²) in [6.07, 6.45) is 0. The van der Waals surface area contributed by atoms with E-state index in [9.17, 15) is 0 Å². The van der Waals surface area contributed by atoms with Crippen molar-refractivity contribution in [3.63, 3.8) is 0 Å². The summed E-state index contributed by atoms with van der Waals surface area (Å²) >= 11 is 0. The quantitative estimate of drug-likeness (QED) is 0.551. The third-order valence-electron chi connectivity index (χ3n) is 3.06. The van der Waals surface area contributed by atoms with Crippen LogP contribution >= 0.6 is 0 Å². The van der Waals surface area contributed by atoms with E-state index in [4.69, 9.17) is 0 Å². The molecule has 0 aromatic heterocycles. The Morgan fingerprint density at radius 2 is 1.47 bits per heavy atom. The second kappa shape index (κ2) is 5.44. The van der Waals surface area contributed by atoms with Gasteiger partial charge in [0.1, 0.15) is 6.72 Å². The Bertz CT molecular complexity index is 473. The van der Waals surface area contributed by atoms with Crippen LogP contribution in [0.25, 0.3) is 0 Å². The van der Waals surface area contributed by atoms with Crippen molar-refractivity contribution in [1.82, 2.24) is 0 Å². The predicted octanol–water partition coefficient (Wildman–Crippen LogP) is 3.66. The first kappa shape index (κ1) is 11.6. The van der Waals surface area contributed by atoms with Gasteiger partial charge in [-0.3, -0.25) is 0 Å². The predicted molar refractivity (Wildman–Crippen MR) is 72.4 cm³/mol. The lowest BCUT2D eigenvalue weighted by Crippen LogP contribution is -2.14. The number of benzene rings is 2. The van der Waals surface area contributed by atoms with Crippen LogP contribution in [0.15, 0.2) is 60.7 Å². The molecule has 0 bridgehead atoms. The van der Waals surface area contributed by atoms with Crippen molar-refractivity contribution < 1.29 is 4.58 Å². The topological polar surface area (TPSA) is 3.01 Å². The Balaban J connectivity index is 2.06. The fourth-order valence-electron chi connectivity index (χ4n) is 1.90. The van der Waals surface area contributed by atoms with Gasteiger partial charge in [0.05, 0.1) is 0 Å². The normalized spacial score (nSPS) is 12.1. The molecule has 0 saturated heterocycles. The first-order chi connectivity index (χ1) is 8.27. The molecule has 0 saturated carbocycles. The highest BCUT2D eigenvalue weighted by molar-refractivity contribution is 5.21. The van der Waals surface area contributed by atoms with Crippen LogP contribution in [0.4, 0.5) is 0 Å². The van der Waals surface area contributed by atoms with Crippen LogP contribution < -0.4 is 0 Å². The fourth-order valence-corrected chi connectivity index (χ4v) is 1.90. The van der Waals surface area contributed by atoms with Gasteiger partial charge < -0.3 is 0 Å². The van der Waals surface area contributed by atoms with Gasteiger partial charge in [-0.25, -0.2) is 4.58 Å². The average Bonchev–Trinajstić information content (AvgIpc) is 2.40. The molecule has 0 unspecified atom stereocenters. The summed E-state index contributed by atoms with van der Waals surface area (Å²) in [6.45, 7) is 7.20. The van der Waals surface area contributed by atoms with Crippen molar-refractivity contribution in [1.29, 1.82) is 0 Å². The molecule has 0 heterocycles. The molecule has 1 nitrogen and oxygen atoms in total. The van der Waals surface area contributed by atoms with E-state index >= 15 is 0 Å². The third kappa shape index (κ3) is 3.04. The summed E-state index contributed by atoms with van der Waals surface area (Å²) < 4.78 is 2.12. The first-order valence-electron chi connectivity index (χ1n) is 5.93. The lowest BCUT2D eigenvalue weighted by Gasteiger charge is -2.10. The monoisotopic (exact) mass is 224 g/mol. The average molecular weight is 224 g/mol. The van der Waals surface area contributed by atoms with Crippen LogP contribution in [-0.4, -0.2) is 11.3 Å². The van der Waals surface area contributed by atoms with Crippen LogP contribution in [0.3, 0.4) is 0 Å². The van der Waals surface area contributed by atoms with Crippen molar-refractivity contribution in [2.75, 3.05) is 0 Å². The van der Waals surface area contributed by atoms with Gasteiger partial charge in [0.2, 0.25) is 0 Å². The molecule has 0 amide bonds. The van der Waals surface area contributed by atoms with Crippen LogP contribution in [0.2, 0.25) is 0 Å². The number of hydrogen-bond donors (Lipinski definition) is 0. The minimum atomic E-state index is 0.330. The Hall–Kier alpha value is -1.89. The Kier molecular flexibility index (Phi) is 3.71. The summed E-state index contributed by atoms with van der Waals surface area (Å²) in [4.78, 5) is 0. The smallest absolute Gasteiger partial charge is 0.175 e. The van der Waals surface area contributed by atoms with Crippen LogP contribution in [0, 0.1) is 0 Å². The molecule has 2 aromatic rings. The standard InChI is InChI=1S/C16H18N/c1-14(16-11-7-4-8-12-16)17(2)13-15-9-5-3-6-10-15/h3-12,14H,2,13H2,1H3/q+1/t14-/m0/s1. The first-order valence-corrected chi connectivity index (χ1v) is 5.93. The molecule has 86 valence electrons. The van der Waals surface area contributed by atoms with Gasteiger partial charge in [-0.05, 0) is 0 Å². The van der Waals surface area contributed by atoms with Gasteiger partial charge in [-0.15, -0.1) is 0 Å². The highest BCUT2D eigenvalue weighted by Gasteiger charge is 2.15. The second-order valence-corrected chi connectivity index (χ2v) is 4.32. The summed E-state index contributed by atoms with van der Waals surface area (Å²) in [7, 11) is 0. The molecule has 1 atom stereocenters. The van der Waals surface area contributed by atoms with Gasteiger partial charge in [0.25, 0.3) is 0 Å². The molecule has 0 radical (unpaired) electrons. The lowest BCUT2D eigenvalue weighted by molar-refractivity contribution is -0.576. The van der Waals surface area contributed by atoms with E-state index in [0.29, 0.717) is 6.04 Å². The van der Waals surface area contributed by atoms with Crippen molar-refractivity contribution >= 4 is 6.72 Å². The molecule has 1 heteroatoms. The maximum Gasteiger partial charge on any atom is 0.175 e. The lowest BCUT2D eigenvalue weighted by atomic mass is 10.1. The second-order valence-electron chi connectivity index (χ2n) is 4.32. The SMILES string of the molecule is C=[N+](Cc1ccccc1)[C@@H](C)c1ccccc1. The van der Waals surface area contributed by atoms with Crippen LogP contribution in [-0.2, 0) is 6.54 Å². The fraction of sp³-hybridized carbons (Fsp3) is 0.188. The molecular weight excluding hydrogens is 206 g/mol. The van der Waals surface area contributed by atoms with Crippen molar-refractivity contribution in [3.8, 4) is 0 Å². The number of rotatable bonds is 4. The van der Waals surface area contributed by atoms with E-state index in [0.717, 1.165) is 6.54 Å². The number of nitrogens with zero attached hydrogens (tertiary/aromatic N) is 1. The molecular formula is C16H18N+. The van der Waals surface area contributed by atoms with E-state index in [1.54, 1.807) is 0 Å². The third-order valence-corrected chi connectivity index (χ3v) is 3.06. The van der Waals surface area contributed by atoms with E-state index < -0.39 is 0 Å². The maximum absolute atomic E-state index is 4.14. The highest BCUT2D eigenvalue weighted by Crippen LogP contribution is 2.16. The van der Waals surface area contributed by atoms with Crippen LogP contribution in [0.1, 0.15) is 24.1 Å². The van der Waals surface area contributed by atoms with Gasteiger partial charge in [0.15, 0.2) is 12.6 Å². The molecule has 0 aliphatic carbocycles. The van der Waals surface area contributed by atoms with E-state index in [1.807, 2.05) is 12.1 Å². The zero-order chi connectivity index (χ0) is 12.1.